The van der Waals surface area contributed by atoms with E-state index in [9.17, 15) is 55.9 Å². The number of hydrogen-bond donors (Lipinski definition) is 6. The molecule has 0 spiro atoms. The molecule has 0 amide bonds. The summed E-state index contributed by atoms with van der Waals surface area (Å²) in [6.07, 6.45) is -0.124. The molecule has 0 aliphatic heterocycles. The Labute approximate surface area is 426 Å². The Morgan fingerprint density at radius 2 is 0.773 bits per heavy atom. The van der Waals surface area contributed by atoms with E-state index in [1.807, 2.05) is 0 Å². The topological polar surface area (TPSA) is 354 Å². The number of methoxy groups -OCH3 is 4. The molecule has 0 aromatic heterocycles. The van der Waals surface area contributed by atoms with E-state index in [1.54, 1.807) is 0 Å². The van der Waals surface area contributed by atoms with Gasteiger partial charge in [-0.2, -0.15) is 0 Å². The number of esters is 4. The van der Waals surface area contributed by atoms with Crippen molar-refractivity contribution >= 4 is 47.8 Å². The minimum Gasteiger partial charge on any atom is -0.660 e. The fourth-order valence-corrected chi connectivity index (χ4v) is 12.1. The van der Waals surface area contributed by atoms with Crippen molar-refractivity contribution in [2.24, 2.45) is 82.5 Å². The number of ether oxygens (including phenoxy) is 4. The number of halogens is 4. The zero-order chi connectivity index (χ0) is 49.2. The maximum atomic E-state index is 14.3. The van der Waals surface area contributed by atoms with Gasteiger partial charge in [-0.1, -0.05) is 0 Å². The van der Waals surface area contributed by atoms with E-state index in [-0.39, 0.29) is 103 Å². The van der Waals surface area contributed by atoms with Crippen LogP contribution in [-0.4, -0.2) is 141 Å². The van der Waals surface area contributed by atoms with Crippen LogP contribution < -0.4 is 11.5 Å². The fourth-order valence-electron chi connectivity index (χ4n) is 12.1. The number of rotatable bonds is 8. The van der Waals surface area contributed by atoms with E-state index in [1.165, 1.54) is 28.1 Å². The number of carboxylic acids is 4. The second-order valence-corrected chi connectivity index (χ2v) is 19.1. The monoisotopic (exact) mass is 1100 g/mol. The van der Waals surface area contributed by atoms with Gasteiger partial charge in [0.1, 0.15) is 22.7 Å². The van der Waals surface area contributed by atoms with Gasteiger partial charge in [0.2, 0.25) is 0 Å². The van der Waals surface area contributed by atoms with Crippen LogP contribution in [0.3, 0.4) is 0 Å². The summed E-state index contributed by atoms with van der Waals surface area (Å²) in [5, 5.41) is 35.3. The van der Waals surface area contributed by atoms with Gasteiger partial charge in [-0.15, -0.1) is 0 Å². The molecule has 8 fully saturated rings. The van der Waals surface area contributed by atoms with Crippen LogP contribution in [0.1, 0.15) is 53.4 Å². The van der Waals surface area contributed by atoms with Crippen molar-refractivity contribution in [1.29, 1.82) is 0 Å². The molecule has 66 heavy (non-hydrogen) atoms. The summed E-state index contributed by atoms with van der Waals surface area (Å²) in [5.41, 5.74) is 11.1. The quantitative estimate of drug-likeness (QED) is 0.115. The first-order valence-corrected chi connectivity index (χ1v) is 20.2. The number of aliphatic carboxylic acids is 4. The maximum absolute atomic E-state index is 14.3. The Hall–Kier alpha value is -2.47. The van der Waals surface area contributed by atoms with Crippen molar-refractivity contribution in [3.63, 3.8) is 0 Å². The minimum absolute atomic E-state index is 0. The van der Waals surface area contributed by atoms with Crippen molar-refractivity contribution in [2.45, 2.75) is 98.2 Å². The maximum Gasteiger partial charge on any atom is 0.329 e. The number of fused-ring (bicyclic) bond motifs is 4. The summed E-state index contributed by atoms with van der Waals surface area (Å²) < 4.78 is 74.7. The molecule has 8 aliphatic carbocycles. The molecule has 0 bridgehead atoms. The van der Waals surface area contributed by atoms with Gasteiger partial charge < -0.3 is 62.3 Å². The largest absolute Gasteiger partial charge is 0.660 e. The van der Waals surface area contributed by atoms with E-state index in [2.05, 4.69) is 18.9 Å². The third kappa shape index (κ3) is 8.23. The molecule has 20 unspecified atom stereocenters. The number of hydrogen-bond acceptors (Lipinski definition) is 14. The van der Waals surface area contributed by atoms with Crippen molar-refractivity contribution in [1.82, 2.24) is 0 Å². The zero-order valence-electron chi connectivity index (χ0n) is 37.3. The molecule has 8 saturated carbocycles. The second kappa shape index (κ2) is 18.4. The molecule has 8 aliphatic rings. The molecule has 366 valence electrons. The smallest absolute Gasteiger partial charge is 0.329 e. The Kier molecular flexibility index (Phi) is 16.1. The van der Waals surface area contributed by atoms with Gasteiger partial charge in [0.15, 0.2) is 11.1 Å². The van der Waals surface area contributed by atoms with Crippen molar-refractivity contribution < 1.29 is 161 Å². The summed E-state index contributed by atoms with van der Waals surface area (Å²) in [6, 6.07) is 0. The Morgan fingerprint density at radius 1 is 0.470 bits per heavy atom. The van der Waals surface area contributed by atoms with Crippen LogP contribution in [0, 0.1) is 71.0 Å². The Morgan fingerprint density at radius 3 is 1.15 bits per heavy atom. The molecule has 0 heterocycles. The molecule has 20 atom stereocenters. The summed E-state index contributed by atoms with van der Waals surface area (Å²) in [5.74, 6) is -14.8. The van der Waals surface area contributed by atoms with Crippen molar-refractivity contribution in [3.8, 4) is 0 Å². The third-order valence-electron chi connectivity index (χ3n) is 15.8. The number of carbonyl (C=O) groups excluding carboxylic acids is 4. The zero-order valence-corrected chi connectivity index (χ0v) is 42.9. The Bertz CT molecular complexity index is 1910. The summed E-state index contributed by atoms with van der Waals surface area (Å²) in [4.78, 5) is 89.5. The first-order valence-electron chi connectivity index (χ1n) is 20.2. The van der Waals surface area contributed by atoms with Crippen LogP contribution >= 0.6 is 0 Å². The molecule has 8 rings (SSSR count). The standard InChI is InChI=1S/C11H16FNO4.C11H15FNO4.C9H12FNO4.C9H11FNO4.2Y/c2*1-10(12)4-5-6(8(14)16-2)7(5)11(10,13)9(15)17-3;2*1-8(10)2-3-4(6(12)13)5(3)9(8,11)7(14)15;;/h5-7H,4,13H2,1-3H3;5-7,13H,4H2,1-3H3;3-5H,2,11H2,1H3,(H,12,13)(H,14,15);3-5,11H,2H2,1H3,(H,12,13)(H,14,15);;/q;-1;;-1;;. The summed E-state index contributed by atoms with van der Waals surface area (Å²) >= 11 is 0. The van der Waals surface area contributed by atoms with Crippen LogP contribution in [0.15, 0.2) is 0 Å². The van der Waals surface area contributed by atoms with Gasteiger partial charge >= 0.3 is 35.8 Å². The van der Waals surface area contributed by atoms with Gasteiger partial charge in [0.25, 0.3) is 11.9 Å². The number of carbonyl (C=O) groups is 8. The SMILES string of the molecule is CC1(F)CC2C(C(=O)O)C2C1(N)C(=O)O.CC1(F)CC2C(C(=O)O)C2C1([NH-])C(=O)O.COC(=O)C1C2CC(C)(F)C(N)(C(=O)OC)C21.COC(=O)C1C2CC(C)(F)C([NH-])(C(=O)OC)C21.[Y].[Y]. The number of nitrogens with two attached hydrogens (primary N) is 2. The first kappa shape index (κ1) is 57.8. The van der Waals surface area contributed by atoms with E-state index in [0.29, 0.717) is 0 Å². The van der Waals surface area contributed by atoms with Gasteiger partial charge in [-0.3, -0.25) is 33.6 Å². The number of nitrogens with one attached hydrogen (secondary N) is 2. The summed E-state index contributed by atoms with van der Waals surface area (Å²) in [6.45, 7) is 4.70. The molecular formula is C40H54F4N4O16Y2-2. The van der Waals surface area contributed by atoms with Crippen LogP contribution in [0.4, 0.5) is 17.6 Å². The third-order valence-corrected chi connectivity index (χ3v) is 15.8. The molecule has 0 aromatic carbocycles. The predicted molar refractivity (Wildman–Crippen MR) is 205 cm³/mol. The van der Waals surface area contributed by atoms with Crippen LogP contribution in [0.5, 0.6) is 0 Å². The first-order chi connectivity index (χ1) is 29.1. The molecule has 0 aromatic rings. The number of carboxylic acid groups (broad SMARTS) is 4. The molecule has 2 radical (unpaired) electrons. The van der Waals surface area contributed by atoms with Crippen LogP contribution in [0.2, 0.25) is 0 Å². The Balaban J connectivity index is 0.000000232. The molecule has 10 N–H and O–H groups in total. The van der Waals surface area contributed by atoms with Gasteiger partial charge in [-0.05, 0) is 88.9 Å². The average Bonchev–Trinajstić information content (AvgIpc) is 4.13. The van der Waals surface area contributed by atoms with E-state index < -0.39 is 152 Å². The second-order valence-electron chi connectivity index (χ2n) is 19.1. The number of alkyl halides is 4. The molecule has 26 heteroatoms. The van der Waals surface area contributed by atoms with Gasteiger partial charge in [-0.25, -0.2) is 22.4 Å². The van der Waals surface area contributed by atoms with Crippen molar-refractivity contribution in [2.75, 3.05) is 28.4 Å². The predicted octanol–water partition coefficient (Wildman–Crippen LogP) is 1.92. The summed E-state index contributed by atoms with van der Waals surface area (Å²) in [7, 11) is 4.80. The van der Waals surface area contributed by atoms with E-state index >= 15 is 0 Å². The molecular weight excluding hydrogens is 1050 g/mol. The van der Waals surface area contributed by atoms with Crippen LogP contribution in [0.25, 0.3) is 11.5 Å². The van der Waals surface area contributed by atoms with Gasteiger partial charge in [0.05, 0.1) is 52.1 Å². The average molecular weight is 1100 g/mol. The molecule has 20 nitrogen and oxygen atoms in total. The van der Waals surface area contributed by atoms with Crippen LogP contribution in [-0.2, 0) is 123 Å². The van der Waals surface area contributed by atoms with Crippen molar-refractivity contribution in [3.05, 3.63) is 11.5 Å². The van der Waals surface area contributed by atoms with Gasteiger partial charge in [0, 0.05) is 88.3 Å². The minimum atomic E-state index is -2.30. The van der Waals surface area contributed by atoms with E-state index in [0.717, 1.165) is 28.1 Å². The van der Waals surface area contributed by atoms with E-state index in [4.69, 9.17) is 43.4 Å². The molecule has 0 saturated heterocycles. The fraction of sp³-hybridized carbons (Fsp3) is 0.800. The normalized spacial score (nSPS) is 48.1.